The molecule has 1 aliphatic carbocycles. The minimum atomic E-state index is -4.68. The first-order valence-corrected chi connectivity index (χ1v) is 13.8. The van der Waals surface area contributed by atoms with Crippen LogP contribution in [-0.2, 0) is 11.9 Å². The Bertz CT molecular complexity index is 1150. The van der Waals surface area contributed by atoms with Crippen LogP contribution in [0.1, 0.15) is 42.4 Å². The topological polar surface area (TPSA) is 56.9 Å². The summed E-state index contributed by atoms with van der Waals surface area (Å²) < 4.78 is 41.4. The van der Waals surface area contributed by atoms with E-state index in [9.17, 15) is 23.5 Å². The molecule has 0 saturated heterocycles. The van der Waals surface area contributed by atoms with Crippen LogP contribution in [0, 0.1) is 11.3 Å². The standard InChI is InChI=1S/C25H23F3N2OS3/c26-25(27,28)19-13-20(21-9-6-12-32-21)30-23(18(19)14-29)34-16-24(31)11-5-4-10-22(24)33-15-17-7-2-1-3-8-17/h1-3,6-9,12-13,22,31H,4-5,10-11,15-16H2. The number of hydrogen-bond acceptors (Lipinski definition) is 6. The fourth-order valence-corrected chi connectivity index (χ4v) is 7.48. The Morgan fingerprint density at radius 3 is 2.65 bits per heavy atom. The number of alkyl halides is 3. The minimum absolute atomic E-state index is 0.0199. The molecule has 4 rings (SSSR count). The molecule has 3 nitrogen and oxygen atoms in total. The van der Waals surface area contributed by atoms with Gasteiger partial charge in [0.25, 0.3) is 0 Å². The predicted molar refractivity (Wildman–Crippen MR) is 133 cm³/mol. The highest BCUT2D eigenvalue weighted by Crippen LogP contribution is 2.43. The van der Waals surface area contributed by atoms with Crippen LogP contribution in [0.4, 0.5) is 13.2 Å². The van der Waals surface area contributed by atoms with Crippen LogP contribution < -0.4 is 0 Å². The van der Waals surface area contributed by atoms with E-state index in [4.69, 9.17) is 0 Å². The molecule has 178 valence electrons. The summed E-state index contributed by atoms with van der Waals surface area (Å²) in [7, 11) is 0. The lowest BCUT2D eigenvalue weighted by molar-refractivity contribution is -0.138. The first-order chi connectivity index (χ1) is 16.3. The van der Waals surface area contributed by atoms with E-state index in [1.165, 1.54) is 16.9 Å². The van der Waals surface area contributed by atoms with Crippen molar-refractivity contribution in [2.75, 3.05) is 5.75 Å². The second-order valence-corrected chi connectivity index (χ2v) is 11.3. The maximum Gasteiger partial charge on any atom is 0.417 e. The summed E-state index contributed by atoms with van der Waals surface area (Å²) in [5.74, 6) is 0.943. The molecule has 0 aliphatic heterocycles. The number of nitrogens with zero attached hydrogens (tertiary/aromatic N) is 2. The van der Waals surface area contributed by atoms with Crippen molar-refractivity contribution >= 4 is 34.9 Å². The van der Waals surface area contributed by atoms with E-state index < -0.39 is 22.9 Å². The van der Waals surface area contributed by atoms with Crippen LogP contribution in [0.2, 0.25) is 0 Å². The van der Waals surface area contributed by atoms with Crippen LogP contribution in [0.25, 0.3) is 10.6 Å². The van der Waals surface area contributed by atoms with Gasteiger partial charge >= 0.3 is 6.18 Å². The molecule has 0 amide bonds. The van der Waals surface area contributed by atoms with Gasteiger partial charge in [-0.05, 0) is 35.9 Å². The zero-order chi connectivity index (χ0) is 24.2. The second-order valence-electron chi connectivity index (χ2n) is 8.25. The molecule has 2 aromatic heterocycles. The highest BCUT2D eigenvalue weighted by molar-refractivity contribution is 8.00. The third kappa shape index (κ3) is 5.80. The molecule has 9 heteroatoms. The van der Waals surface area contributed by atoms with Gasteiger partial charge in [0.2, 0.25) is 0 Å². The van der Waals surface area contributed by atoms with Gasteiger partial charge in [-0.25, -0.2) is 4.98 Å². The summed E-state index contributed by atoms with van der Waals surface area (Å²) in [5, 5.41) is 22.9. The molecule has 1 fully saturated rings. The molecule has 2 heterocycles. The van der Waals surface area contributed by atoms with E-state index >= 15 is 0 Å². The van der Waals surface area contributed by atoms with Gasteiger partial charge in [-0.2, -0.15) is 30.2 Å². The van der Waals surface area contributed by atoms with Gasteiger partial charge in [0.1, 0.15) is 11.1 Å². The fourth-order valence-electron chi connectivity index (χ4n) is 4.07. The Hall–Kier alpha value is -1.99. The van der Waals surface area contributed by atoms with Gasteiger partial charge in [0.05, 0.1) is 27.3 Å². The van der Waals surface area contributed by atoms with Crippen molar-refractivity contribution in [2.45, 2.75) is 53.5 Å². The van der Waals surface area contributed by atoms with E-state index in [1.54, 1.807) is 35.3 Å². The van der Waals surface area contributed by atoms with Crippen molar-refractivity contribution in [1.82, 2.24) is 4.98 Å². The Balaban J connectivity index is 1.59. The molecule has 0 bridgehead atoms. The number of aromatic nitrogens is 1. The van der Waals surface area contributed by atoms with Crippen molar-refractivity contribution in [1.29, 1.82) is 5.26 Å². The Labute approximate surface area is 209 Å². The van der Waals surface area contributed by atoms with E-state index in [0.29, 0.717) is 11.3 Å². The molecule has 2 atom stereocenters. The number of nitriles is 1. The van der Waals surface area contributed by atoms with E-state index in [1.807, 2.05) is 30.3 Å². The minimum Gasteiger partial charge on any atom is -0.388 e. The molecular weight excluding hydrogens is 497 g/mol. The Morgan fingerprint density at radius 1 is 1.18 bits per heavy atom. The molecule has 0 spiro atoms. The monoisotopic (exact) mass is 520 g/mol. The highest BCUT2D eigenvalue weighted by Gasteiger charge is 2.41. The third-order valence-corrected chi connectivity index (χ3v) is 9.54. The molecule has 3 aromatic rings. The Morgan fingerprint density at radius 2 is 1.97 bits per heavy atom. The predicted octanol–water partition coefficient (Wildman–Crippen LogP) is 7.40. The molecule has 0 radical (unpaired) electrons. The lowest BCUT2D eigenvalue weighted by Crippen LogP contribution is -2.45. The van der Waals surface area contributed by atoms with Crippen LogP contribution in [0.3, 0.4) is 0 Å². The number of hydrogen-bond donors (Lipinski definition) is 1. The quantitative estimate of drug-likeness (QED) is 0.329. The van der Waals surface area contributed by atoms with Crippen LogP contribution in [0.5, 0.6) is 0 Å². The summed E-state index contributed by atoms with van der Waals surface area (Å²) in [6, 6.07) is 16.1. The van der Waals surface area contributed by atoms with Crippen LogP contribution >= 0.6 is 34.9 Å². The number of rotatable bonds is 7. The number of halogens is 3. The van der Waals surface area contributed by atoms with Gasteiger partial charge in [0, 0.05) is 16.8 Å². The van der Waals surface area contributed by atoms with E-state index in [-0.39, 0.29) is 21.7 Å². The summed E-state index contributed by atoms with van der Waals surface area (Å²) in [6.07, 6.45) is -1.39. The highest BCUT2D eigenvalue weighted by atomic mass is 32.2. The zero-order valence-electron chi connectivity index (χ0n) is 18.2. The first-order valence-electron chi connectivity index (χ1n) is 10.9. The van der Waals surface area contributed by atoms with Crippen molar-refractivity contribution in [3.8, 4) is 16.6 Å². The lowest BCUT2D eigenvalue weighted by Gasteiger charge is -2.39. The first kappa shape index (κ1) is 25.1. The van der Waals surface area contributed by atoms with Crippen molar-refractivity contribution in [3.63, 3.8) is 0 Å². The molecular formula is C25H23F3N2OS3. The van der Waals surface area contributed by atoms with Gasteiger partial charge in [0.15, 0.2) is 0 Å². The van der Waals surface area contributed by atoms with Crippen molar-refractivity contribution < 1.29 is 18.3 Å². The van der Waals surface area contributed by atoms with E-state index in [0.717, 1.165) is 42.8 Å². The molecule has 34 heavy (non-hydrogen) atoms. The molecule has 1 saturated carbocycles. The number of aliphatic hydroxyl groups is 1. The van der Waals surface area contributed by atoms with E-state index in [2.05, 4.69) is 4.98 Å². The number of benzene rings is 1. The molecule has 1 aliphatic rings. The number of thioether (sulfide) groups is 2. The summed E-state index contributed by atoms with van der Waals surface area (Å²) >= 11 is 4.03. The van der Waals surface area contributed by atoms with Gasteiger partial charge in [-0.15, -0.1) is 23.1 Å². The molecule has 1 N–H and O–H groups in total. The van der Waals surface area contributed by atoms with Gasteiger partial charge in [-0.3, -0.25) is 0 Å². The largest absolute Gasteiger partial charge is 0.417 e. The smallest absolute Gasteiger partial charge is 0.388 e. The molecule has 2 unspecified atom stereocenters. The summed E-state index contributed by atoms with van der Waals surface area (Å²) in [6.45, 7) is 0. The normalized spacial score (nSPS) is 20.7. The van der Waals surface area contributed by atoms with Crippen LogP contribution in [-0.4, -0.2) is 26.7 Å². The van der Waals surface area contributed by atoms with Crippen molar-refractivity contribution in [2.24, 2.45) is 0 Å². The third-order valence-electron chi connectivity index (χ3n) is 5.86. The van der Waals surface area contributed by atoms with Crippen LogP contribution in [0.15, 0.2) is 58.9 Å². The Kier molecular flexibility index (Phi) is 7.93. The zero-order valence-corrected chi connectivity index (χ0v) is 20.7. The average molecular weight is 521 g/mol. The second kappa shape index (κ2) is 10.7. The SMILES string of the molecule is N#Cc1c(C(F)(F)F)cc(-c2cccs2)nc1SCC1(O)CCCCC1SCc1ccccc1. The number of thiophene rings is 1. The fraction of sp³-hybridized carbons (Fsp3) is 0.360. The van der Waals surface area contributed by atoms with Crippen molar-refractivity contribution in [3.05, 3.63) is 70.6 Å². The maximum atomic E-state index is 13.8. The average Bonchev–Trinajstić information content (AvgIpc) is 3.37. The maximum absolute atomic E-state index is 13.8. The summed E-state index contributed by atoms with van der Waals surface area (Å²) in [5.41, 5.74) is -1.16. The lowest BCUT2D eigenvalue weighted by atomic mass is 9.86. The summed E-state index contributed by atoms with van der Waals surface area (Å²) in [4.78, 5) is 5.03. The van der Waals surface area contributed by atoms with Gasteiger partial charge < -0.3 is 5.11 Å². The molecule has 1 aromatic carbocycles. The van der Waals surface area contributed by atoms with Gasteiger partial charge in [-0.1, -0.05) is 49.2 Å². The number of pyridine rings is 1.